The van der Waals surface area contributed by atoms with Gasteiger partial charge in [-0.15, -0.1) is 0 Å². The second-order valence-corrected chi connectivity index (χ2v) is 5.21. The van der Waals surface area contributed by atoms with Crippen molar-refractivity contribution < 1.29 is 45.2 Å². The third-order valence-corrected chi connectivity index (χ3v) is 3.66. The molecule has 9 nitrogen and oxygen atoms in total. The van der Waals surface area contributed by atoms with Crippen LogP contribution in [0.1, 0.15) is 5.56 Å². The minimum absolute atomic E-state index is 0.0978. The van der Waals surface area contributed by atoms with Crippen molar-refractivity contribution in [1.29, 1.82) is 0 Å². The Balaban J connectivity index is 2.28. The van der Waals surface area contributed by atoms with Crippen LogP contribution in [0.4, 0.5) is 0 Å². The fourth-order valence-corrected chi connectivity index (χ4v) is 2.33. The normalized spacial score (nSPS) is 31.1. The molecule has 2 rings (SSSR count). The summed E-state index contributed by atoms with van der Waals surface area (Å²) in [5, 5.41) is 67.0. The summed E-state index contributed by atoms with van der Waals surface area (Å²) in [4.78, 5) is 0. The van der Waals surface area contributed by atoms with Crippen LogP contribution in [0.15, 0.2) is 12.1 Å². The average molecular weight is 332 g/mol. The van der Waals surface area contributed by atoms with Gasteiger partial charge >= 0.3 is 0 Å². The van der Waals surface area contributed by atoms with Crippen molar-refractivity contribution in [2.24, 2.45) is 0 Å². The van der Waals surface area contributed by atoms with Crippen LogP contribution in [0.5, 0.6) is 17.2 Å². The van der Waals surface area contributed by atoms with Crippen molar-refractivity contribution in [3.8, 4) is 17.2 Å². The van der Waals surface area contributed by atoms with Crippen molar-refractivity contribution in [2.75, 3.05) is 13.2 Å². The number of hydrogen-bond donors (Lipinski definition) is 7. The predicted molar refractivity (Wildman–Crippen MR) is 75.0 cm³/mol. The lowest BCUT2D eigenvalue weighted by Crippen LogP contribution is -2.60. The summed E-state index contributed by atoms with van der Waals surface area (Å²) >= 11 is 0. The van der Waals surface area contributed by atoms with Gasteiger partial charge in [0.2, 0.25) is 12.0 Å². The van der Waals surface area contributed by atoms with Crippen molar-refractivity contribution in [2.45, 2.75) is 37.1 Å². The van der Waals surface area contributed by atoms with Gasteiger partial charge in [-0.1, -0.05) is 6.07 Å². The highest BCUT2D eigenvalue weighted by Crippen LogP contribution is 2.40. The highest BCUT2D eigenvalue weighted by molar-refractivity contribution is 5.54. The van der Waals surface area contributed by atoms with Gasteiger partial charge in [0.1, 0.15) is 24.4 Å². The van der Waals surface area contributed by atoms with Gasteiger partial charge in [0.25, 0.3) is 0 Å². The van der Waals surface area contributed by atoms with Gasteiger partial charge in [0.05, 0.1) is 6.61 Å². The Bertz CT molecular complexity index is 533. The number of rotatable bonds is 5. The van der Waals surface area contributed by atoms with Crippen LogP contribution in [-0.2, 0) is 11.2 Å². The van der Waals surface area contributed by atoms with Crippen LogP contribution in [0, 0.1) is 0 Å². The van der Waals surface area contributed by atoms with Crippen molar-refractivity contribution in [3.63, 3.8) is 0 Å². The molecule has 130 valence electrons. The standard InChI is InChI=1S/C14H20O9/c15-4-3-6-1-2-7(17)9(18)13(6)23-14-12(21)11(20)10(19)8(5-16)22-14/h1-2,8,10-12,14-21H,3-5H2/t8-,10-,11+,12-,14+/m1/s1. The van der Waals surface area contributed by atoms with Crippen molar-refractivity contribution in [3.05, 3.63) is 17.7 Å². The van der Waals surface area contributed by atoms with E-state index in [0.29, 0.717) is 5.56 Å². The Kier molecular flexibility index (Phi) is 5.63. The smallest absolute Gasteiger partial charge is 0.229 e. The van der Waals surface area contributed by atoms with E-state index in [9.17, 15) is 25.5 Å². The molecule has 0 bridgehead atoms. The summed E-state index contributed by atoms with van der Waals surface area (Å²) in [6, 6.07) is 2.62. The summed E-state index contributed by atoms with van der Waals surface area (Å²) < 4.78 is 10.5. The van der Waals surface area contributed by atoms with E-state index in [1.54, 1.807) is 0 Å². The van der Waals surface area contributed by atoms with Crippen LogP contribution in [0.25, 0.3) is 0 Å². The molecule has 9 heteroatoms. The van der Waals surface area contributed by atoms with E-state index in [4.69, 9.17) is 19.7 Å². The molecular formula is C14H20O9. The number of aromatic hydroxyl groups is 2. The molecule has 0 radical (unpaired) electrons. The number of hydrogen-bond acceptors (Lipinski definition) is 9. The summed E-state index contributed by atoms with van der Waals surface area (Å²) in [6.45, 7) is -0.879. The highest BCUT2D eigenvalue weighted by Gasteiger charge is 2.45. The van der Waals surface area contributed by atoms with E-state index in [1.807, 2.05) is 0 Å². The molecule has 0 amide bonds. The maximum absolute atomic E-state index is 9.93. The number of phenolic OH excluding ortho intramolecular Hbond substituents is 2. The summed E-state index contributed by atoms with van der Waals surface area (Å²) in [5.74, 6) is -1.33. The van der Waals surface area contributed by atoms with E-state index < -0.39 is 48.8 Å². The number of phenols is 2. The Labute approximate surface area is 131 Å². The number of aliphatic hydroxyl groups excluding tert-OH is 5. The third kappa shape index (κ3) is 3.50. The van der Waals surface area contributed by atoms with Gasteiger partial charge in [-0.3, -0.25) is 0 Å². The van der Waals surface area contributed by atoms with Crippen LogP contribution in [0.2, 0.25) is 0 Å². The van der Waals surface area contributed by atoms with Crippen molar-refractivity contribution >= 4 is 0 Å². The number of aliphatic hydroxyl groups is 5. The predicted octanol–water partition coefficient (Wildman–Crippen LogP) is -2.19. The minimum Gasteiger partial charge on any atom is -0.504 e. The van der Waals surface area contributed by atoms with Gasteiger partial charge in [-0.25, -0.2) is 0 Å². The van der Waals surface area contributed by atoms with E-state index in [-0.39, 0.29) is 18.8 Å². The van der Waals surface area contributed by atoms with E-state index in [2.05, 4.69) is 0 Å². The molecule has 7 N–H and O–H groups in total. The second kappa shape index (κ2) is 7.30. The lowest BCUT2D eigenvalue weighted by molar-refractivity contribution is -0.277. The largest absolute Gasteiger partial charge is 0.504 e. The van der Waals surface area contributed by atoms with E-state index in [1.165, 1.54) is 12.1 Å². The molecule has 1 aliphatic rings. The molecule has 1 saturated heterocycles. The van der Waals surface area contributed by atoms with Crippen LogP contribution in [-0.4, -0.2) is 79.7 Å². The van der Waals surface area contributed by atoms with Crippen LogP contribution in [0.3, 0.4) is 0 Å². The summed E-state index contributed by atoms with van der Waals surface area (Å²) in [6.07, 6.45) is -7.40. The molecular weight excluding hydrogens is 312 g/mol. The molecule has 0 saturated carbocycles. The zero-order valence-corrected chi connectivity index (χ0v) is 12.1. The zero-order valence-electron chi connectivity index (χ0n) is 12.1. The van der Waals surface area contributed by atoms with E-state index >= 15 is 0 Å². The molecule has 0 unspecified atom stereocenters. The average Bonchev–Trinajstić information content (AvgIpc) is 2.54. The Hall–Kier alpha value is -1.62. The first-order valence-corrected chi connectivity index (χ1v) is 7.02. The Morgan fingerprint density at radius 1 is 1.00 bits per heavy atom. The first kappa shape index (κ1) is 17.7. The van der Waals surface area contributed by atoms with Crippen molar-refractivity contribution in [1.82, 2.24) is 0 Å². The SMILES string of the molecule is OCCc1ccc(O)c(O)c1O[C@@H]1O[C@H](CO)[C@@H](O)[C@H](O)[C@H]1O. The molecule has 1 aliphatic heterocycles. The topological polar surface area (TPSA) is 160 Å². The quantitative estimate of drug-likeness (QED) is 0.297. The van der Waals surface area contributed by atoms with Gasteiger partial charge in [0.15, 0.2) is 11.5 Å². The lowest BCUT2D eigenvalue weighted by atomic mass is 9.99. The Morgan fingerprint density at radius 3 is 2.30 bits per heavy atom. The van der Waals surface area contributed by atoms with Gasteiger partial charge in [-0.2, -0.15) is 0 Å². The Morgan fingerprint density at radius 2 is 1.70 bits per heavy atom. The van der Waals surface area contributed by atoms with Crippen LogP contribution >= 0.6 is 0 Å². The first-order chi connectivity index (χ1) is 10.9. The van der Waals surface area contributed by atoms with Gasteiger partial charge in [0, 0.05) is 12.2 Å². The molecule has 23 heavy (non-hydrogen) atoms. The lowest BCUT2D eigenvalue weighted by Gasteiger charge is -2.39. The van der Waals surface area contributed by atoms with Gasteiger partial charge < -0.3 is 45.2 Å². The minimum atomic E-state index is -1.66. The molecule has 1 fully saturated rings. The molecule has 0 aliphatic carbocycles. The summed E-state index contributed by atoms with van der Waals surface area (Å²) in [7, 11) is 0. The van der Waals surface area contributed by atoms with E-state index in [0.717, 1.165) is 0 Å². The number of benzene rings is 1. The molecule has 0 aromatic heterocycles. The highest BCUT2D eigenvalue weighted by atomic mass is 16.7. The zero-order chi connectivity index (χ0) is 17.1. The molecule has 5 atom stereocenters. The fourth-order valence-electron chi connectivity index (χ4n) is 2.33. The van der Waals surface area contributed by atoms with Crippen LogP contribution < -0.4 is 4.74 Å². The maximum Gasteiger partial charge on any atom is 0.229 e. The monoisotopic (exact) mass is 332 g/mol. The first-order valence-electron chi connectivity index (χ1n) is 7.02. The third-order valence-electron chi connectivity index (χ3n) is 3.66. The summed E-state index contributed by atoms with van der Waals surface area (Å²) in [5.41, 5.74) is 0.333. The number of ether oxygens (including phenoxy) is 2. The molecule has 0 spiro atoms. The molecule has 1 aromatic carbocycles. The maximum atomic E-state index is 9.93. The van der Waals surface area contributed by atoms with Gasteiger partial charge in [-0.05, 0) is 12.5 Å². The fraction of sp³-hybridized carbons (Fsp3) is 0.571. The second-order valence-electron chi connectivity index (χ2n) is 5.21. The molecule has 1 heterocycles. The molecule has 1 aromatic rings.